The summed E-state index contributed by atoms with van der Waals surface area (Å²) in [6.45, 7) is 5.90. The molecule has 0 aliphatic rings. The molecule has 3 heteroatoms. The molecule has 0 fully saturated rings. The summed E-state index contributed by atoms with van der Waals surface area (Å²) in [7, 11) is 0. The topological polar surface area (TPSA) is 41.1 Å². The van der Waals surface area contributed by atoms with Crippen LogP contribution in [0.4, 0.5) is 10.5 Å². The van der Waals surface area contributed by atoms with Crippen LogP contribution >= 0.6 is 0 Å². The summed E-state index contributed by atoms with van der Waals surface area (Å²) in [5.41, 5.74) is 3.19. The number of amides is 2. The predicted molar refractivity (Wildman–Crippen MR) is 62.9 cm³/mol. The maximum absolute atomic E-state index is 11.3. The van der Waals surface area contributed by atoms with E-state index in [1.165, 1.54) is 11.1 Å². The zero-order valence-electron chi connectivity index (χ0n) is 9.29. The number of carbonyl (C=O) groups excluding carboxylic acids is 1. The average molecular weight is 204 g/mol. The van der Waals surface area contributed by atoms with Gasteiger partial charge in [0.25, 0.3) is 0 Å². The van der Waals surface area contributed by atoms with E-state index in [0.29, 0.717) is 0 Å². The van der Waals surface area contributed by atoms with Gasteiger partial charge < -0.3 is 10.6 Å². The number of benzene rings is 1. The number of allylic oxidation sites excluding steroid dienone is 1. The Labute approximate surface area is 90.2 Å². The molecule has 0 unspecified atom stereocenters. The number of nitrogens with one attached hydrogen (secondary N) is 2. The number of aryl methyl sites for hydroxylation is 2. The second kappa shape index (κ2) is 5.20. The predicted octanol–water partition coefficient (Wildman–Crippen LogP) is 2.96. The molecule has 0 aliphatic heterocycles. The van der Waals surface area contributed by atoms with Gasteiger partial charge in [-0.25, -0.2) is 4.79 Å². The molecule has 0 saturated carbocycles. The summed E-state index contributed by atoms with van der Waals surface area (Å²) in [4.78, 5) is 11.3. The van der Waals surface area contributed by atoms with Gasteiger partial charge in [0.15, 0.2) is 0 Å². The van der Waals surface area contributed by atoms with Crippen LogP contribution in [0.5, 0.6) is 0 Å². The summed E-state index contributed by atoms with van der Waals surface area (Å²) in [6, 6.07) is 5.60. The van der Waals surface area contributed by atoms with Crippen molar-refractivity contribution in [2.45, 2.75) is 20.8 Å². The highest BCUT2D eigenvalue weighted by Gasteiger charge is 2.00. The van der Waals surface area contributed by atoms with Crippen LogP contribution in [0.1, 0.15) is 18.1 Å². The van der Waals surface area contributed by atoms with Gasteiger partial charge in [0.2, 0.25) is 0 Å². The van der Waals surface area contributed by atoms with Crippen molar-refractivity contribution in [1.29, 1.82) is 0 Å². The third kappa shape index (κ3) is 3.46. The lowest BCUT2D eigenvalue weighted by Gasteiger charge is -2.06. The third-order valence-electron chi connectivity index (χ3n) is 2.15. The summed E-state index contributed by atoms with van der Waals surface area (Å²) in [5, 5.41) is 5.33. The molecule has 2 amide bonds. The van der Waals surface area contributed by atoms with Crippen molar-refractivity contribution < 1.29 is 4.79 Å². The lowest BCUT2D eigenvalue weighted by atomic mass is 10.1. The standard InChI is InChI=1S/C12H16N2O/c1-4-7-13-12(15)14-11-6-5-9(2)10(3)8-11/h4-8H,1-3H3,(H2,13,14,15)/b7-4+. The SMILES string of the molecule is C/C=C/NC(=O)Nc1ccc(C)c(C)c1. The Morgan fingerprint density at radius 1 is 1.27 bits per heavy atom. The van der Waals surface area contributed by atoms with Crippen molar-refractivity contribution in [2.24, 2.45) is 0 Å². The van der Waals surface area contributed by atoms with Crippen molar-refractivity contribution in [2.75, 3.05) is 5.32 Å². The Kier molecular flexibility index (Phi) is 3.92. The van der Waals surface area contributed by atoms with Gasteiger partial charge in [-0.3, -0.25) is 0 Å². The Bertz CT molecular complexity index is 383. The van der Waals surface area contributed by atoms with Crippen LogP contribution < -0.4 is 10.6 Å². The molecule has 15 heavy (non-hydrogen) atoms. The molecule has 0 spiro atoms. The Morgan fingerprint density at radius 2 is 2.00 bits per heavy atom. The van der Waals surface area contributed by atoms with Crippen molar-refractivity contribution >= 4 is 11.7 Å². The molecule has 0 aliphatic carbocycles. The van der Waals surface area contributed by atoms with Crippen molar-refractivity contribution in [3.63, 3.8) is 0 Å². The van der Waals surface area contributed by atoms with Crippen molar-refractivity contribution in [1.82, 2.24) is 5.32 Å². The Morgan fingerprint density at radius 3 is 2.60 bits per heavy atom. The fourth-order valence-corrected chi connectivity index (χ4v) is 1.15. The molecule has 0 aromatic heterocycles. The van der Waals surface area contributed by atoms with E-state index < -0.39 is 0 Å². The number of rotatable bonds is 2. The molecule has 1 aromatic rings. The number of hydrogen-bond donors (Lipinski definition) is 2. The molecule has 0 atom stereocenters. The van der Waals surface area contributed by atoms with Crippen molar-refractivity contribution in [3.05, 3.63) is 41.6 Å². The first-order chi connectivity index (χ1) is 7.13. The summed E-state index contributed by atoms with van der Waals surface area (Å²) in [6.07, 6.45) is 3.36. The zero-order chi connectivity index (χ0) is 11.3. The fraction of sp³-hybridized carbons (Fsp3) is 0.250. The Hall–Kier alpha value is -1.77. The number of anilines is 1. The molecule has 1 rings (SSSR count). The molecular weight excluding hydrogens is 188 g/mol. The van der Waals surface area contributed by atoms with E-state index in [1.54, 1.807) is 12.3 Å². The van der Waals surface area contributed by atoms with Crippen LogP contribution in [-0.4, -0.2) is 6.03 Å². The van der Waals surface area contributed by atoms with Gasteiger partial charge in [-0.15, -0.1) is 0 Å². The van der Waals surface area contributed by atoms with E-state index >= 15 is 0 Å². The molecular formula is C12H16N2O. The van der Waals surface area contributed by atoms with Crippen LogP contribution in [0.2, 0.25) is 0 Å². The highest BCUT2D eigenvalue weighted by Crippen LogP contribution is 2.13. The van der Waals surface area contributed by atoms with Gasteiger partial charge in [0.05, 0.1) is 0 Å². The fourth-order valence-electron chi connectivity index (χ4n) is 1.15. The van der Waals surface area contributed by atoms with Crippen LogP contribution in [0.3, 0.4) is 0 Å². The van der Waals surface area contributed by atoms with E-state index in [2.05, 4.69) is 10.6 Å². The summed E-state index contributed by atoms with van der Waals surface area (Å²) < 4.78 is 0. The van der Waals surface area contributed by atoms with E-state index in [4.69, 9.17) is 0 Å². The molecule has 3 nitrogen and oxygen atoms in total. The summed E-state index contributed by atoms with van der Waals surface area (Å²) >= 11 is 0. The highest BCUT2D eigenvalue weighted by atomic mass is 16.2. The first kappa shape index (κ1) is 11.3. The minimum atomic E-state index is -0.226. The maximum atomic E-state index is 11.3. The van der Waals surface area contributed by atoms with E-state index in [0.717, 1.165) is 5.69 Å². The molecule has 0 heterocycles. The lowest BCUT2D eigenvalue weighted by Crippen LogP contribution is -2.23. The second-order valence-corrected chi connectivity index (χ2v) is 3.40. The van der Waals surface area contributed by atoms with Gasteiger partial charge >= 0.3 is 6.03 Å². The van der Waals surface area contributed by atoms with E-state index in [-0.39, 0.29) is 6.03 Å². The number of hydrogen-bond acceptors (Lipinski definition) is 1. The third-order valence-corrected chi connectivity index (χ3v) is 2.15. The normalized spacial score (nSPS) is 10.3. The van der Waals surface area contributed by atoms with Crippen LogP contribution in [-0.2, 0) is 0 Å². The molecule has 1 aromatic carbocycles. The first-order valence-corrected chi connectivity index (χ1v) is 4.89. The van der Waals surface area contributed by atoms with Gasteiger partial charge in [-0.2, -0.15) is 0 Å². The number of urea groups is 1. The molecule has 0 bridgehead atoms. The molecule has 0 saturated heterocycles. The molecule has 2 N–H and O–H groups in total. The summed E-state index contributed by atoms with van der Waals surface area (Å²) in [5.74, 6) is 0. The molecule has 80 valence electrons. The quantitative estimate of drug-likeness (QED) is 0.764. The molecule has 0 radical (unpaired) electrons. The van der Waals surface area contributed by atoms with Gasteiger partial charge in [0, 0.05) is 11.9 Å². The monoisotopic (exact) mass is 204 g/mol. The number of carbonyl (C=O) groups is 1. The minimum absolute atomic E-state index is 0.226. The van der Waals surface area contributed by atoms with Gasteiger partial charge in [-0.1, -0.05) is 12.1 Å². The Balaban J connectivity index is 2.65. The first-order valence-electron chi connectivity index (χ1n) is 4.89. The van der Waals surface area contributed by atoms with Gasteiger partial charge in [-0.05, 0) is 44.0 Å². The lowest BCUT2D eigenvalue weighted by molar-refractivity contribution is 0.255. The van der Waals surface area contributed by atoms with Crippen LogP contribution in [0, 0.1) is 13.8 Å². The smallest absolute Gasteiger partial charge is 0.315 e. The minimum Gasteiger partial charge on any atom is -0.315 e. The zero-order valence-corrected chi connectivity index (χ0v) is 9.29. The van der Waals surface area contributed by atoms with Crippen LogP contribution in [0.25, 0.3) is 0 Å². The largest absolute Gasteiger partial charge is 0.323 e. The van der Waals surface area contributed by atoms with Gasteiger partial charge in [0.1, 0.15) is 0 Å². The van der Waals surface area contributed by atoms with E-state index in [9.17, 15) is 4.79 Å². The van der Waals surface area contributed by atoms with Crippen LogP contribution in [0.15, 0.2) is 30.5 Å². The van der Waals surface area contributed by atoms with E-state index in [1.807, 2.05) is 39.0 Å². The highest BCUT2D eigenvalue weighted by molar-refractivity contribution is 5.89. The average Bonchev–Trinajstić information content (AvgIpc) is 2.20. The second-order valence-electron chi connectivity index (χ2n) is 3.40. The van der Waals surface area contributed by atoms with Crippen molar-refractivity contribution in [3.8, 4) is 0 Å². The maximum Gasteiger partial charge on any atom is 0.323 e.